The molecule has 11 heteroatoms. The van der Waals surface area contributed by atoms with Gasteiger partial charge >= 0.3 is 10.1 Å². The number of carbonyl (C=O) groups is 1. The number of sulfonamides is 1. The van der Waals surface area contributed by atoms with E-state index in [-0.39, 0.29) is 42.0 Å². The lowest BCUT2D eigenvalue weighted by molar-refractivity contribution is -0.114. The van der Waals surface area contributed by atoms with Gasteiger partial charge in [-0.05, 0) is 48.9 Å². The highest BCUT2D eigenvalue weighted by molar-refractivity contribution is 7.89. The van der Waals surface area contributed by atoms with Crippen LogP contribution in [0.5, 0.6) is 5.75 Å². The van der Waals surface area contributed by atoms with Crippen LogP contribution < -0.4 is 9.50 Å². The quantitative estimate of drug-likeness (QED) is 0.500. The molecule has 0 atom stereocenters. The molecule has 0 saturated carbocycles. The molecule has 0 fully saturated rings. The first-order chi connectivity index (χ1) is 14.6. The number of amides is 1. The Morgan fingerprint density at radius 2 is 1.74 bits per heavy atom. The van der Waals surface area contributed by atoms with E-state index < -0.39 is 20.1 Å². The van der Waals surface area contributed by atoms with Crippen molar-refractivity contribution >= 4 is 31.7 Å². The van der Waals surface area contributed by atoms with Crippen LogP contribution >= 0.6 is 0 Å². The van der Waals surface area contributed by atoms with Crippen molar-refractivity contribution in [3.05, 3.63) is 54.1 Å². The van der Waals surface area contributed by atoms with Crippen LogP contribution in [-0.2, 0) is 36.2 Å². The van der Waals surface area contributed by atoms with Gasteiger partial charge in [-0.25, -0.2) is 8.42 Å². The Bertz CT molecular complexity index is 1100. The number of anilines is 1. The highest BCUT2D eigenvalue weighted by Gasteiger charge is 2.25. The van der Waals surface area contributed by atoms with Crippen molar-refractivity contribution in [1.29, 1.82) is 0 Å². The Morgan fingerprint density at radius 1 is 1.06 bits per heavy atom. The summed E-state index contributed by atoms with van der Waals surface area (Å²) in [6.07, 6.45) is 0. The second-order valence-corrected chi connectivity index (χ2v) is 10.4. The maximum absolute atomic E-state index is 13.2. The summed E-state index contributed by atoms with van der Waals surface area (Å²) in [4.78, 5) is 11.2. The van der Waals surface area contributed by atoms with Crippen molar-refractivity contribution in [3.63, 3.8) is 0 Å². The largest absolute Gasteiger partial charge is 0.383 e. The van der Waals surface area contributed by atoms with Crippen LogP contribution in [-0.4, -0.2) is 53.1 Å². The fourth-order valence-electron chi connectivity index (χ4n) is 2.64. The van der Waals surface area contributed by atoms with Gasteiger partial charge in [-0.3, -0.25) is 4.79 Å². The third-order valence-corrected chi connectivity index (χ3v) is 7.20. The zero-order chi connectivity index (χ0) is 23.1. The number of nitrogens with zero attached hydrogens (tertiary/aromatic N) is 1. The first kappa shape index (κ1) is 24.8. The molecule has 0 radical (unpaired) electrons. The average Bonchev–Trinajstić information content (AvgIpc) is 2.71. The van der Waals surface area contributed by atoms with Crippen molar-refractivity contribution < 1.29 is 30.6 Å². The summed E-state index contributed by atoms with van der Waals surface area (Å²) in [6.45, 7) is 3.08. The second kappa shape index (κ2) is 10.7. The second-order valence-electron chi connectivity index (χ2n) is 6.61. The van der Waals surface area contributed by atoms with Gasteiger partial charge in [0.2, 0.25) is 15.9 Å². The van der Waals surface area contributed by atoms with Crippen molar-refractivity contribution in [2.45, 2.75) is 25.3 Å². The molecular weight excluding hydrogens is 444 g/mol. The molecule has 0 spiro atoms. The fraction of sp³-hybridized carbons (Fsp3) is 0.350. The van der Waals surface area contributed by atoms with E-state index in [2.05, 4.69) is 5.32 Å². The first-order valence-corrected chi connectivity index (χ1v) is 12.5. The number of hydrogen-bond donors (Lipinski definition) is 1. The standard InChI is InChI=1S/C20H26N2O7S2/c1-4-30(24,25)29-19-7-5-6-17(14-19)15-22(12-13-28-3)31(26,27)20-10-8-18(9-11-20)21-16(2)23/h5-11,14H,4,12-13,15H2,1-3H3,(H,21,23). The molecule has 0 aromatic heterocycles. The SMILES string of the molecule is CCS(=O)(=O)Oc1cccc(CN(CCOC)S(=O)(=O)c2ccc(NC(C)=O)cc2)c1. The zero-order valence-corrected chi connectivity index (χ0v) is 19.2. The smallest absolute Gasteiger partial charge is 0.308 e. The molecule has 31 heavy (non-hydrogen) atoms. The molecule has 0 bridgehead atoms. The molecule has 2 aromatic carbocycles. The third-order valence-electron chi connectivity index (χ3n) is 4.19. The Morgan fingerprint density at radius 3 is 2.32 bits per heavy atom. The molecule has 0 aliphatic carbocycles. The molecule has 0 unspecified atom stereocenters. The first-order valence-electron chi connectivity index (χ1n) is 9.45. The number of carbonyl (C=O) groups excluding carboxylic acids is 1. The summed E-state index contributed by atoms with van der Waals surface area (Å²) in [5.41, 5.74) is 1.04. The Hall–Kier alpha value is -2.47. The number of ether oxygens (including phenoxy) is 1. The molecule has 0 aliphatic heterocycles. The number of methoxy groups -OCH3 is 1. The van der Waals surface area contributed by atoms with Crippen molar-refractivity contribution in [3.8, 4) is 5.75 Å². The summed E-state index contributed by atoms with van der Waals surface area (Å²) in [5.74, 6) is -0.326. The van der Waals surface area contributed by atoms with Crippen LogP contribution in [0.3, 0.4) is 0 Å². The van der Waals surface area contributed by atoms with Gasteiger partial charge in [-0.1, -0.05) is 12.1 Å². The summed E-state index contributed by atoms with van der Waals surface area (Å²) in [7, 11) is -6.12. The Balaban J connectivity index is 2.29. The van der Waals surface area contributed by atoms with Crippen LogP contribution in [0.25, 0.3) is 0 Å². The number of rotatable bonds is 11. The molecule has 2 rings (SSSR count). The van der Waals surface area contributed by atoms with Gasteiger partial charge in [0.1, 0.15) is 5.75 Å². The highest BCUT2D eigenvalue weighted by atomic mass is 32.2. The lowest BCUT2D eigenvalue weighted by atomic mass is 10.2. The van der Waals surface area contributed by atoms with Gasteiger partial charge in [0.05, 0.1) is 17.3 Å². The van der Waals surface area contributed by atoms with Gasteiger partial charge in [-0.15, -0.1) is 0 Å². The predicted octanol–water partition coefficient (Wildman–Crippen LogP) is 2.21. The normalized spacial score (nSPS) is 12.0. The van der Waals surface area contributed by atoms with Crippen LogP contribution in [0.4, 0.5) is 5.69 Å². The molecule has 1 amide bonds. The lowest BCUT2D eigenvalue weighted by Gasteiger charge is -2.22. The van der Waals surface area contributed by atoms with Crippen LogP contribution in [0.15, 0.2) is 53.4 Å². The molecule has 9 nitrogen and oxygen atoms in total. The molecule has 2 aromatic rings. The maximum Gasteiger partial charge on any atom is 0.308 e. The van der Waals surface area contributed by atoms with Gasteiger partial charge in [0, 0.05) is 32.8 Å². The van der Waals surface area contributed by atoms with E-state index in [0.717, 1.165) is 0 Å². The highest BCUT2D eigenvalue weighted by Crippen LogP contribution is 2.22. The van der Waals surface area contributed by atoms with E-state index in [9.17, 15) is 21.6 Å². The van der Waals surface area contributed by atoms with E-state index in [1.807, 2.05) is 0 Å². The van der Waals surface area contributed by atoms with Gasteiger partial charge < -0.3 is 14.2 Å². The minimum Gasteiger partial charge on any atom is -0.383 e. The molecule has 0 heterocycles. The van der Waals surface area contributed by atoms with Gasteiger partial charge in [0.25, 0.3) is 0 Å². The van der Waals surface area contributed by atoms with Gasteiger partial charge in [-0.2, -0.15) is 12.7 Å². The Labute approximate surface area is 183 Å². The summed E-state index contributed by atoms with van der Waals surface area (Å²) < 4.78 is 61.1. The number of benzene rings is 2. The number of nitrogens with one attached hydrogen (secondary N) is 1. The minimum absolute atomic E-state index is 0.0114. The van der Waals surface area contributed by atoms with Crippen LogP contribution in [0, 0.1) is 0 Å². The monoisotopic (exact) mass is 470 g/mol. The number of hydrogen-bond acceptors (Lipinski definition) is 7. The van der Waals surface area contributed by atoms with Crippen LogP contribution in [0.1, 0.15) is 19.4 Å². The van der Waals surface area contributed by atoms with Crippen molar-refractivity contribution in [2.24, 2.45) is 0 Å². The molecular formula is C20H26N2O7S2. The molecule has 170 valence electrons. The van der Waals surface area contributed by atoms with Crippen molar-refractivity contribution in [2.75, 3.05) is 31.3 Å². The lowest BCUT2D eigenvalue weighted by Crippen LogP contribution is -2.33. The fourth-order valence-corrected chi connectivity index (χ4v) is 4.57. The molecule has 1 N–H and O–H groups in total. The summed E-state index contributed by atoms with van der Waals surface area (Å²) >= 11 is 0. The molecule has 0 saturated heterocycles. The maximum atomic E-state index is 13.2. The topological polar surface area (TPSA) is 119 Å². The molecule has 0 aliphatic rings. The average molecular weight is 471 g/mol. The summed E-state index contributed by atoms with van der Waals surface area (Å²) in [6, 6.07) is 12.1. The Kier molecular flexibility index (Phi) is 8.57. The van der Waals surface area contributed by atoms with Gasteiger partial charge in [0.15, 0.2) is 0 Å². The van der Waals surface area contributed by atoms with E-state index in [1.54, 1.807) is 12.1 Å². The van der Waals surface area contributed by atoms with Crippen LogP contribution in [0.2, 0.25) is 0 Å². The van der Waals surface area contributed by atoms with E-state index in [4.69, 9.17) is 8.92 Å². The van der Waals surface area contributed by atoms with E-state index >= 15 is 0 Å². The summed E-state index contributed by atoms with van der Waals surface area (Å²) in [5, 5.41) is 2.59. The van der Waals surface area contributed by atoms with E-state index in [1.165, 1.54) is 61.7 Å². The van der Waals surface area contributed by atoms with E-state index in [0.29, 0.717) is 11.3 Å². The minimum atomic E-state index is -3.89. The van der Waals surface area contributed by atoms with Crippen molar-refractivity contribution in [1.82, 2.24) is 4.31 Å². The zero-order valence-electron chi connectivity index (χ0n) is 17.6. The predicted molar refractivity (Wildman–Crippen MR) is 117 cm³/mol. The third kappa shape index (κ3) is 7.31.